The summed E-state index contributed by atoms with van der Waals surface area (Å²) in [7, 11) is 0. The number of esters is 1. The Morgan fingerprint density at radius 1 is 1.39 bits per heavy atom. The van der Waals surface area contributed by atoms with Crippen LogP contribution in [0.25, 0.3) is 0 Å². The normalized spacial score (nSPS) is 23.7. The number of benzene rings is 1. The van der Waals surface area contributed by atoms with Crippen LogP contribution in [0.4, 0.5) is 0 Å². The van der Waals surface area contributed by atoms with Gasteiger partial charge in [0.1, 0.15) is 5.60 Å². The van der Waals surface area contributed by atoms with Gasteiger partial charge in [-0.15, -0.1) is 0 Å². The second kappa shape index (κ2) is 4.60. The quantitative estimate of drug-likeness (QED) is 0.463. The van der Waals surface area contributed by atoms with Gasteiger partial charge in [0, 0.05) is 11.0 Å². The highest BCUT2D eigenvalue weighted by Gasteiger charge is 2.42. The standard InChI is InChI=1S/C13H13NO4/c1-13(8-7-12(15)18-13)11(9-14(16)17)10-5-3-2-4-6-10/h2-8,11H,9H2,1H3/t11-,13+/m0/s1. The maximum absolute atomic E-state index is 11.2. The second-order valence-electron chi connectivity index (χ2n) is 4.42. The van der Waals surface area contributed by atoms with Gasteiger partial charge in [-0.1, -0.05) is 30.3 Å². The zero-order chi connectivity index (χ0) is 13.2. The molecular formula is C13H13NO4. The molecule has 1 aliphatic rings. The molecule has 0 radical (unpaired) electrons. The zero-order valence-electron chi connectivity index (χ0n) is 9.91. The first-order chi connectivity index (χ1) is 8.51. The van der Waals surface area contributed by atoms with Crippen molar-refractivity contribution < 1.29 is 14.5 Å². The van der Waals surface area contributed by atoms with Crippen LogP contribution in [0.2, 0.25) is 0 Å². The van der Waals surface area contributed by atoms with Crippen LogP contribution in [-0.2, 0) is 9.53 Å². The number of hydrogen-bond donors (Lipinski definition) is 0. The average molecular weight is 247 g/mol. The second-order valence-corrected chi connectivity index (χ2v) is 4.42. The molecule has 0 aromatic heterocycles. The largest absolute Gasteiger partial charge is 0.451 e. The molecule has 1 aromatic rings. The monoisotopic (exact) mass is 247 g/mol. The van der Waals surface area contributed by atoms with Gasteiger partial charge in [0.15, 0.2) is 0 Å². The van der Waals surface area contributed by atoms with Gasteiger partial charge in [-0.25, -0.2) is 4.79 Å². The summed E-state index contributed by atoms with van der Waals surface area (Å²) in [5.74, 6) is -0.946. The molecule has 0 saturated carbocycles. The molecule has 0 bridgehead atoms. The zero-order valence-corrected chi connectivity index (χ0v) is 9.91. The van der Waals surface area contributed by atoms with E-state index in [1.807, 2.05) is 18.2 Å². The SMILES string of the molecule is C[C@]1([C@@H](C[N+](=O)[O-])c2ccccc2)C=CC(=O)O1. The molecule has 0 aliphatic carbocycles. The fourth-order valence-corrected chi connectivity index (χ4v) is 2.16. The molecule has 0 amide bonds. The van der Waals surface area contributed by atoms with Crippen molar-refractivity contribution in [3.8, 4) is 0 Å². The first kappa shape index (κ1) is 12.3. The predicted octanol–water partition coefficient (Wildman–Crippen LogP) is 1.92. The minimum atomic E-state index is -0.953. The smallest absolute Gasteiger partial charge is 0.331 e. The molecule has 5 nitrogen and oxygen atoms in total. The number of ether oxygens (including phenoxy) is 1. The van der Waals surface area contributed by atoms with Gasteiger partial charge in [-0.05, 0) is 18.6 Å². The Balaban J connectivity index is 2.35. The van der Waals surface area contributed by atoms with Gasteiger partial charge in [0.2, 0.25) is 6.54 Å². The molecule has 2 atom stereocenters. The Morgan fingerprint density at radius 2 is 2.06 bits per heavy atom. The maximum Gasteiger partial charge on any atom is 0.331 e. The number of carbonyl (C=O) groups is 1. The van der Waals surface area contributed by atoms with Crippen molar-refractivity contribution in [2.24, 2.45) is 0 Å². The average Bonchev–Trinajstić information content (AvgIpc) is 2.68. The van der Waals surface area contributed by atoms with Crippen LogP contribution in [-0.4, -0.2) is 23.0 Å². The topological polar surface area (TPSA) is 69.4 Å². The molecule has 1 aromatic carbocycles. The van der Waals surface area contributed by atoms with Crippen molar-refractivity contribution in [3.05, 3.63) is 58.2 Å². The number of carbonyl (C=O) groups excluding carboxylic acids is 1. The molecule has 18 heavy (non-hydrogen) atoms. The van der Waals surface area contributed by atoms with E-state index >= 15 is 0 Å². The van der Waals surface area contributed by atoms with E-state index in [2.05, 4.69) is 0 Å². The van der Waals surface area contributed by atoms with E-state index in [1.165, 1.54) is 6.08 Å². The molecule has 0 spiro atoms. The summed E-state index contributed by atoms with van der Waals surface area (Å²) in [4.78, 5) is 21.6. The van der Waals surface area contributed by atoms with Crippen LogP contribution in [0.15, 0.2) is 42.5 Å². The van der Waals surface area contributed by atoms with Crippen LogP contribution in [0.1, 0.15) is 18.4 Å². The van der Waals surface area contributed by atoms with E-state index in [1.54, 1.807) is 25.1 Å². The highest BCUT2D eigenvalue weighted by Crippen LogP contribution is 2.35. The van der Waals surface area contributed by atoms with Crippen molar-refractivity contribution >= 4 is 5.97 Å². The maximum atomic E-state index is 11.2. The van der Waals surface area contributed by atoms with E-state index in [0.717, 1.165) is 5.56 Å². The van der Waals surface area contributed by atoms with E-state index < -0.39 is 17.5 Å². The first-order valence-corrected chi connectivity index (χ1v) is 5.60. The summed E-state index contributed by atoms with van der Waals surface area (Å²) in [6, 6.07) is 9.07. The molecule has 0 saturated heterocycles. The third-order valence-corrected chi connectivity index (χ3v) is 3.10. The van der Waals surface area contributed by atoms with Crippen LogP contribution in [0.3, 0.4) is 0 Å². The fraction of sp³-hybridized carbons (Fsp3) is 0.308. The van der Waals surface area contributed by atoms with Crippen molar-refractivity contribution in [3.63, 3.8) is 0 Å². The Bertz CT molecular complexity index is 497. The molecule has 0 N–H and O–H groups in total. The van der Waals surface area contributed by atoms with Gasteiger partial charge < -0.3 is 4.74 Å². The number of cyclic esters (lactones) is 1. The lowest BCUT2D eigenvalue weighted by Gasteiger charge is -2.29. The number of hydrogen-bond acceptors (Lipinski definition) is 4. The van der Waals surface area contributed by atoms with E-state index in [0.29, 0.717) is 0 Å². The lowest BCUT2D eigenvalue weighted by molar-refractivity contribution is -0.486. The molecule has 0 fully saturated rings. The molecule has 1 aliphatic heterocycles. The Hall–Kier alpha value is -2.17. The summed E-state index contributed by atoms with van der Waals surface area (Å²) in [6.45, 7) is 1.41. The summed E-state index contributed by atoms with van der Waals surface area (Å²) >= 11 is 0. The first-order valence-electron chi connectivity index (χ1n) is 5.60. The third-order valence-electron chi connectivity index (χ3n) is 3.10. The van der Waals surface area contributed by atoms with Crippen molar-refractivity contribution in [2.45, 2.75) is 18.4 Å². The van der Waals surface area contributed by atoms with Gasteiger partial charge in [0.25, 0.3) is 0 Å². The van der Waals surface area contributed by atoms with Crippen molar-refractivity contribution in [1.29, 1.82) is 0 Å². The summed E-state index contributed by atoms with van der Waals surface area (Å²) in [6.07, 6.45) is 2.91. The van der Waals surface area contributed by atoms with Crippen molar-refractivity contribution in [1.82, 2.24) is 0 Å². The minimum Gasteiger partial charge on any atom is -0.451 e. The van der Waals surface area contributed by atoms with Crippen molar-refractivity contribution in [2.75, 3.05) is 6.54 Å². The van der Waals surface area contributed by atoms with Gasteiger partial charge in [-0.2, -0.15) is 0 Å². The Kier molecular flexibility index (Phi) is 3.14. The van der Waals surface area contributed by atoms with Gasteiger partial charge in [0.05, 0.1) is 5.92 Å². The Labute approximate surface area is 104 Å². The number of nitro groups is 1. The van der Waals surface area contributed by atoms with Crippen LogP contribution in [0.5, 0.6) is 0 Å². The van der Waals surface area contributed by atoms with Gasteiger partial charge >= 0.3 is 5.97 Å². The summed E-state index contributed by atoms with van der Waals surface area (Å²) in [5, 5.41) is 10.8. The lowest BCUT2D eigenvalue weighted by Crippen LogP contribution is -2.36. The molecule has 1 heterocycles. The van der Waals surface area contributed by atoms with Crippen LogP contribution >= 0.6 is 0 Å². The summed E-state index contributed by atoms with van der Waals surface area (Å²) < 4.78 is 5.21. The predicted molar refractivity (Wildman–Crippen MR) is 64.7 cm³/mol. The molecule has 2 rings (SSSR count). The number of rotatable bonds is 4. The van der Waals surface area contributed by atoms with Crippen LogP contribution in [0, 0.1) is 10.1 Å². The molecule has 0 unspecified atom stereocenters. The van der Waals surface area contributed by atoms with Gasteiger partial charge in [-0.3, -0.25) is 10.1 Å². The molecule has 5 heteroatoms. The Morgan fingerprint density at radius 3 is 2.56 bits per heavy atom. The van der Waals surface area contributed by atoms with E-state index in [9.17, 15) is 14.9 Å². The van der Waals surface area contributed by atoms with E-state index in [4.69, 9.17) is 4.74 Å². The minimum absolute atomic E-state index is 0.280. The summed E-state index contributed by atoms with van der Waals surface area (Å²) in [5.41, 5.74) is -0.165. The highest BCUT2D eigenvalue weighted by atomic mass is 16.6. The lowest BCUT2D eigenvalue weighted by atomic mass is 9.83. The molecular weight excluding hydrogens is 234 g/mol. The molecule has 94 valence electrons. The fourth-order valence-electron chi connectivity index (χ4n) is 2.16. The van der Waals surface area contributed by atoms with E-state index in [-0.39, 0.29) is 11.5 Å². The third kappa shape index (κ3) is 2.40. The van der Waals surface area contributed by atoms with Crippen LogP contribution < -0.4 is 0 Å². The highest BCUT2D eigenvalue weighted by molar-refractivity contribution is 5.85. The number of nitrogens with zero attached hydrogens (tertiary/aromatic N) is 1.